The number of benzene rings is 2. The highest BCUT2D eigenvalue weighted by atomic mass is 32.2. The molecule has 1 heterocycles. The molecule has 0 aliphatic heterocycles. The average Bonchev–Trinajstić information content (AvgIpc) is 2.74. The highest BCUT2D eigenvalue weighted by molar-refractivity contribution is 7.92. The van der Waals surface area contributed by atoms with Gasteiger partial charge < -0.3 is 4.57 Å². The fraction of sp³-hybridized carbons (Fsp3) is 0.222. The Balaban J connectivity index is 2.11. The van der Waals surface area contributed by atoms with Gasteiger partial charge in [-0.2, -0.15) is 0 Å². The van der Waals surface area contributed by atoms with E-state index in [0.717, 1.165) is 27.6 Å². The zero-order chi connectivity index (χ0) is 16.8. The van der Waals surface area contributed by atoms with Crippen LogP contribution < -0.4 is 4.72 Å². The molecule has 0 amide bonds. The van der Waals surface area contributed by atoms with Crippen molar-refractivity contribution in [2.75, 3.05) is 4.72 Å². The largest absolute Gasteiger partial charge is 0.348 e. The third-order valence-corrected chi connectivity index (χ3v) is 5.68. The molecule has 0 saturated carbocycles. The highest BCUT2D eigenvalue weighted by Gasteiger charge is 2.21. The van der Waals surface area contributed by atoms with E-state index in [-0.39, 0.29) is 0 Å². The van der Waals surface area contributed by atoms with Crippen molar-refractivity contribution in [3.8, 4) is 0 Å². The molecule has 0 aliphatic rings. The Labute approximate surface area is 136 Å². The highest BCUT2D eigenvalue weighted by Crippen LogP contribution is 2.29. The van der Waals surface area contributed by atoms with Crippen molar-refractivity contribution in [2.24, 2.45) is 7.05 Å². The van der Waals surface area contributed by atoms with Crippen molar-refractivity contribution in [1.29, 1.82) is 0 Å². The van der Waals surface area contributed by atoms with Gasteiger partial charge in [-0.3, -0.25) is 4.72 Å². The van der Waals surface area contributed by atoms with Crippen molar-refractivity contribution in [2.45, 2.75) is 25.7 Å². The zero-order valence-corrected chi connectivity index (χ0v) is 14.5. The summed E-state index contributed by atoms with van der Waals surface area (Å²) in [6.45, 7) is 5.63. The molecule has 0 atom stereocenters. The summed E-state index contributed by atoms with van der Waals surface area (Å²) >= 11 is 0. The van der Waals surface area contributed by atoms with Gasteiger partial charge in [0.2, 0.25) is 0 Å². The third-order valence-electron chi connectivity index (χ3n) is 4.01. The predicted molar refractivity (Wildman–Crippen MR) is 94.4 cm³/mol. The van der Waals surface area contributed by atoms with E-state index in [2.05, 4.69) is 4.72 Å². The molecule has 5 heteroatoms. The molecule has 23 heavy (non-hydrogen) atoms. The van der Waals surface area contributed by atoms with E-state index in [1.165, 1.54) is 0 Å². The first-order chi connectivity index (χ1) is 10.8. The molecule has 0 spiro atoms. The number of hydrogen-bond donors (Lipinski definition) is 1. The molecule has 0 radical (unpaired) electrons. The molecule has 4 nitrogen and oxygen atoms in total. The minimum Gasteiger partial charge on any atom is -0.348 e. The quantitative estimate of drug-likeness (QED) is 0.792. The summed E-state index contributed by atoms with van der Waals surface area (Å²) in [6, 6.07) is 11.5. The third kappa shape index (κ3) is 2.72. The lowest BCUT2D eigenvalue weighted by Crippen LogP contribution is -2.15. The second-order valence-electron chi connectivity index (χ2n) is 6.00. The molecular formula is C18H20N2O2S. The number of aromatic nitrogens is 1. The number of hydrogen-bond acceptors (Lipinski definition) is 2. The lowest BCUT2D eigenvalue weighted by molar-refractivity contribution is 0.600. The van der Waals surface area contributed by atoms with Crippen LogP contribution in [-0.4, -0.2) is 13.0 Å². The van der Waals surface area contributed by atoms with E-state index in [0.29, 0.717) is 10.6 Å². The molecule has 1 aromatic heterocycles. The second-order valence-corrected chi connectivity index (χ2v) is 7.62. The molecule has 120 valence electrons. The van der Waals surface area contributed by atoms with Crippen LogP contribution in [-0.2, 0) is 17.1 Å². The molecule has 0 unspecified atom stereocenters. The number of nitrogens with zero attached hydrogens (tertiary/aromatic N) is 1. The van der Waals surface area contributed by atoms with Gasteiger partial charge in [-0.05, 0) is 38.0 Å². The average molecular weight is 328 g/mol. The summed E-state index contributed by atoms with van der Waals surface area (Å²) in [5.41, 5.74) is 4.17. The van der Waals surface area contributed by atoms with Crippen LogP contribution in [0.2, 0.25) is 0 Å². The van der Waals surface area contributed by atoms with E-state index >= 15 is 0 Å². The lowest BCUT2D eigenvalue weighted by Gasteiger charge is -2.13. The molecule has 1 N–H and O–H groups in total. The Bertz CT molecular complexity index is 978. The SMILES string of the molecule is Cc1cc(C)c(S(=O)(=O)Nc2cn(C)c3ccccc23)c(C)c1. The molecule has 3 rings (SSSR count). The predicted octanol–water partition coefficient (Wildman–Crippen LogP) is 3.90. The summed E-state index contributed by atoms with van der Waals surface area (Å²) in [5.74, 6) is 0. The van der Waals surface area contributed by atoms with Gasteiger partial charge in [0, 0.05) is 24.1 Å². The van der Waals surface area contributed by atoms with Crippen LogP contribution in [0, 0.1) is 20.8 Å². The standard InChI is InChI=1S/C18H20N2O2S/c1-12-9-13(2)18(14(3)10-12)23(21,22)19-16-11-20(4)17-8-6-5-7-15(16)17/h5-11,19H,1-4H3. The Morgan fingerprint density at radius 2 is 1.61 bits per heavy atom. The number of aryl methyl sites for hydroxylation is 4. The Morgan fingerprint density at radius 3 is 2.26 bits per heavy atom. The Kier molecular flexibility index (Phi) is 3.68. The number of para-hydroxylation sites is 1. The summed E-state index contributed by atoms with van der Waals surface area (Å²) in [5, 5.41) is 0.890. The first kappa shape index (κ1) is 15.6. The van der Waals surface area contributed by atoms with Gasteiger partial charge in [0.25, 0.3) is 10.0 Å². The minimum atomic E-state index is -3.63. The summed E-state index contributed by atoms with van der Waals surface area (Å²) < 4.78 is 30.4. The van der Waals surface area contributed by atoms with Gasteiger partial charge in [0.15, 0.2) is 0 Å². The molecule has 0 aliphatic carbocycles. The Morgan fingerprint density at radius 1 is 1.00 bits per heavy atom. The van der Waals surface area contributed by atoms with Crippen LogP contribution in [0.5, 0.6) is 0 Å². The normalized spacial score (nSPS) is 11.8. The molecule has 0 bridgehead atoms. The molecule has 2 aromatic carbocycles. The second kappa shape index (κ2) is 5.42. The van der Waals surface area contributed by atoms with Crippen LogP contribution >= 0.6 is 0 Å². The maximum absolute atomic E-state index is 12.9. The van der Waals surface area contributed by atoms with Gasteiger partial charge in [-0.25, -0.2) is 8.42 Å². The van der Waals surface area contributed by atoms with Crippen molar-refractivity contribution >= 4 is 26.6 Å². The fourth-order valence-corrected chi connectivity index (χ4v) is 4.73. The van der Waals surface area contributed by atoms with Gasteiger partial charge in [0.05, 0.1) is 10.6 Å². The van der Waals surface area contributed by atoms with Crippen molar-refractivity contribution in [3.63, 3.8) is 0 Å². The topological polar surface area (TPSA) is 51.1 Å². The number of fused-ring (bicyclic) bond motifs is 1. The molecule has 0 saturated heterocycles. The Hall–Kier alpha value is -2.27. The van der Waals surface area contributed by atoms with Crippen LogP contribution in [0.3, 0.4) is 0 Å². The molecule has 3 aromatic rings. The zero-order valence-electron chi connectivity index (χ0n) is 13.7. The van der Waals surface area contributed by atoms with Crippen molar-refractivity contribution < 1.29 is 8.42 Å². The van der Waals surface area contributed by atoms with Crippen molar-refractivity contribution in [1.82, 2.24) is 4.57 Å². The molecule has 0 fully saturated rings. The van der Waals surface area contributed by atoms with Crippen LogP contribution in [0.25, 0.3) is 10.9 Å². The number of sulfonamides is 1. The van der Waals surface area contributed by atoms with Crippen LogP contribution in [0.4, 0.5) is 5.69 Å². The van der Waals surface area contributed by atoms with Crippen molar-refractivity contribution in [3.05, 3.63) is 59.3 Å². The van der Waals surface area contributed by atoms with E-state index in [1.807, 2.05) is 68.8 Å². The van der Waals surface area contributed by atoms with Gasteiger partial charge in [-0.1, -0.05) is 35.9 Å². The maximum atomic E-state index is 12.9. The summed E-state index contributed by atoms with van der Waals surface area (Å²) in [6.07, 6.45) is 1.81. The van der Waals surface area contributed by atoms with E-state index in [4.69, 9.17) is 0 Å². The number of nitrogens with one attached hydrogen (secondary N) is 1. The number of anilines is 1. The van der Waals surface area contributed by atoms with Crippen LogP contribution in [0.1, 0.15) is 16.7 Å². The van der Waals surface area contributed by atoms with E-state index in [1.54, 1.807) is 6.20 Å². The van der Waals surface area contributed by atoms with Gasteiger partial charge >= 0.3 is 0 Å². The fourth-order valence-electron chi connectivity index (χ4n) is 3.21. The van der Waals surface area contributed by atoms with E-state index < -0.39 is 10.0 Å². The number of rotatable bonds is 3. The summed E-state index contributed by atoms with van der Waals surface area (Å²) in [7, 11) is -1.73. The van der Waals surface area contributed by atoms with Crippen LogP contribution in [0.15, 0.2) is 47.5 Å². The summed E-state index contributed by atoms with van der Waals surface area (Å²) in [4.78, 5) is 0.357. The lowest BCUT2D eigenvalue weighted by atomic mass is 10.1. The maximum Gasteiger partial charge on any atom is 0.262 e. The monoisotopic (exact) mass is 328 g/mol. The van der Waals surface area contributed by atoms with Gasteiger partial charge in [0.1, 0.15) is 0 Å². The first-order valence-corrected chi connectivity index (χ1v) is 8.92. The molecular weight excluding hydrogens is 308 g/mol. The smallest absolute Gasteiger partial charge is 0.262 e. The minimum absolute atomic E-state index is 0.357. The first-order valence-electron chi connectivity index (χ1n) is 7.44. The van der Waals surface area contributed by atoms with Gasteiger partial charge in [-0.15, -0.1) is 0 Å². The van der Waals surface area contributed by atoms with E-state index in [9.17, 15) is 8.42 Å².